The number of carbonyl (C=O) groups excluding carboxylic acids is 1. The summed E-state index contributed by atoms with van der Waals surface area (Å²) in [4.78, 5) is 12.2. The van der Waals surface area contributed by atoms with E-state index in [-0.39, 0.29) is 5.91 Å². The largest absolute Gasteiger partial charge is 0.311 e. The van der Waals surface area contributed by atoms with E-state index in [2.05, 4.69) is 10.4 Å². The molecule has 1 aromatic heterocycles. The van der Waals surface area contributed by atoms with Crippen LogP contribution in [0.15, 0.2) is 30.3 Å². The first-order valence-electron chi connectivity index (χ1n) is 7.74. The van der Waals surface area contributed by atoms with Crippen molar-refractivity contribution >= 4 is 23.3 Å². The SMILES string of the molecule is Cc1cc(NC(=O)CC2CCCC2)n(-c2cccc(Cl)c2)n1. The number of hydrogen-bond acceptors (Lipinski definition) is 2. The maximum absolute atomic E-state index is 12.2. The minimum absolute atomic E-state index is 0.0649. The van der Waals surface area contributed by atoms with Crippen LogP contribution in [0, 0.1) is 12.8 Å². The lowest BCUT2D eigenvalue weighted by atomic mass is 10.0. The zero-order valence-corrected chi connectivity index (χ0v) is 13.4. The first kappa shape index (κ1) is 15.1. The van der Waals surface area contributed by atoms with Gasteiger partial charge in [-0.05, 0) is 43.9 Å². The summed E-state index contributed by atoms with van der Waals surface area (Å²) in [6.45, 7) is 1.91. The fourth-order valence-electron chi connectivity index (χ4n) is 3.06. The molecule has 1 fully saturated rings. The van der Waals surface area contributed by atoms with Gasteiger partial charge >= 0.3 is 0 Å². The molecule has 1 aromatic carbocycles. The number of amides is 1. The van der Waals surface area contributed by atoms with Gasteiger partial charge in [0.15, 0.2) is 0 Å². The van der Waals surface area contributed by atoms with E-state index in [1.165, 1.54) is 25.7 Å². The third-order valence-corrected chi connectivity index (χ3v) is 4.34. The molecule has 3 rings (SSSR count). The normalized spacial score (nSPS) is 15.2. The maximum atomic E-state index is 12.2. The number of nitrogens with one attached hydrogen (secondary N) is 1. The number of aryl methyl sites for hydroxylation is 1. The Kier molecular flexibility index (Phi) is 4.48. The van der Waals surface area contributed by atoms with Gasteiger partial charge in [-0.3, -0.25) is 4.79 Å². The number of benzene rings is 1. The molecule has 116 valence electrons. The van der Waals surface area contributed by atoms with Crippen molar-refractivity contribution in [2.24, 2.45) is 5.92 Å². The van der Waals surface area contributed by atoms with Crippen molar-refractivity contribution in [3.05, 3.63) is 41.0 Å². The summed E-state index contributed by atoms with van der Waals surface area (Å²) in [6, 6.07) is 9.33. The number of halogens is 1. The second-order valence-corrected chi connectivity index (χ2v) is 6.40. The number of anilines is 1. The molecule has 4 nitrogen and oxygen atoms in total. The van der Waals surface area contributed by atoms with E-state index in [0.29, 0.717) is 23.2 Å². The Hall–Kier alpha value is -1.81. The summed E-state index contributed by atoms with van der Waals surface area (Å²) in [6.07, 6.45) is 5.43. The van der Waals surface area contributed by atoms with Gasteiger partial charge in [0.1, 0.15) is 5.82 Å². The quantitative estimate of drug-likeness (QED) is 0.911. The molecule has 0 saturated heterocycles. The number of carbonyl (C=O) groups is 1. The van der Waals surface area contributed by atoms with Gasteiger partial charge in [0.2, 0.25) is 5.91 Å². The van der Waals surface area contributed by atoms with Crippen LogP contribution in [-0.4, -0.2) is 15.7 Å². The molecule has 0 unspecified atom stereocenters. The first-order chi connectivity index (χ1) is 10.6. The van der Waals surface area contributed by atoms with Gasteiger partial charge in [-0.2, -0.15) is 5.10 Å². The van der Waals surface area contributed by atoms with E-state index in [9.17, 15) is 4.79 Å². The van der Waals surface area contributed by atoms with Crippen molar-refractivity contribution < 1.29 is 4.79 Å². The Balaban J connectivity index is 1.77. The van der Waals surface area contributed by atoms with Crippen molar-refractivity contribution in [3.63, 3.8) is 0 Å². The summed E-state index contributed by atoms with van der Waals surface area (Å²) >= 11 is 6.04. The highest BCUT2D eigenvalue weighted by molar-refractivity contribution is 6.30. The molecule has 1 amide bonds. The fraction of sp³-hybridized carbons (Fsp3) is 0.412. The molecule has 22 heavy (non-hydrogen) atoms. The summed E-state index contributed by atoms with van der Waals surface area (Å²) in [7, 11) is 0. The predicted octanol–water partition coefficient (Wildman–Crippen LogP) is 4.35. The van der Waals surface area contributed by atoms with Gasteiger partial charge in [0.05, 0.1) is 11.4 Å². The molecule has 0 atom stereocenters. The molecule has 1 aliphatic carbocycles. The molecule has 5 heteroatoms. The highest BCUT2D eigenvalue weighted by atomic mass is 35.5. The van der Waals surface area contributed by atoms with E-state index >= 15 is 0 Å². The lowest BCUT2D eigenvalue weighted by Crippen LogP contribution is -2.17. The average molecular weight is 318 g/mol. The number of rotatable bonds is 4. The van der Waals surface area contributed by atoms with E-state index < -0.39 is 0 Å². The van der Waals surface area contributed by atoms with E-state index in [1.807, 2.05) is 37.3 Å². The average Bonchev–Trinajstić information content (AvgIpc) is 3.08. The molecule has 0 bridgehead atoms. The topological polar surface area (TPSA) is 46.9 Å². The molecular weight excluding hydrogens is 298 g/mol. The van der Waals surface area contributed by atoms with Gasteiger partial charge in [-0.15, -0.1) is 0 Å². The van der Waals surface area contributed by atoms with Crippen LogP contribution in [0.5, 0.6) is 0 Å². The number of aromatic nitrogens is 2. The van der Waals surface area contributed by atoms with Gasteiger partial charge in [-0.25, -0.2) is 4.68 Å². The van der Waals surface area contributed by atoms with Crippen LogP contribution in [0.2, 0.25) is 5.02 Å². The summed E-state index contributed by atoms with van der Waals surface area (Å²) in [5.74, 6) is 1.29. The number of nitrogens with zero attached hydrogens (tertiary/aromatic N) is 2. The fourth-order valence-corrected chi connectivity index (χ4v) is 3.25. The van der Waals surface area contributed by atoms with Crippen LogP contribution in [-0.2, 0) is 4.79 Å². The van der Waals surface area contributed by atoms with Crippen molar-refractivity contribution in [2.45, 2.75) is 39.0 Å². The molecule has 1 N–H and O–H groups in total. The molecule has 0 aliphatic heterocycles. The maximum Gasteiger partial charge on any atom is 0.225 e. The van der Waals surface area contributed by atoms with Crippen LogP contribution in [0.25, 0.3) is 5.69 Å². The summed E-state index contributed by atoms with van der Waals surface area (Å²) < 4.78 is 1.73. The van der Waals surface area contributed by atoms with Gasteiger partial charge in [0.25, 0.3) is 0 Å². The van der Waals surface area contributed by atoms with Gasteiger partial charge in [0, 0.05) is 17.5 Å². The molecule has 0 radical (unpaired) electrons. The molecule has 1 heterocycles. The minimum atomic E-state index is 0.0649. The first-order valence-corrected chi connectivity index (χ1v) is 8.12. The standard InChI is InChI=1S/C17H20ClN3O/c1-12-9-16(19-17(22)10-13-5-2-3-6-13)21(20-12)15-8-4-7-14(18)11-15/h4,7-9,11,13H,2-3,5-6,10H2,1H3,(H,19,22). The smallest absolute Gasteiger partial charge is 0.225 e. The predicted molar refractivity (Wildman–Crippen MR) is 88.5 cm³/mol. The van der Waals surface area contributed by atoms with E-state index in [0.717, 1.165) is 11.4 Å². The second-order valence-electron chi connectivity index (χ2n) is 5.97. The number of hydrogen-bond donors (Lipinski definition) is 1. The molecule has 1 saturated carbocycles. The molecule has 2 aromatic rings. The van der Waals surface area contributed by atoms with Gasteiger partial charge in [-0.1, -0.05) is 30.5 Å². The summed E-state index contributed by atoms with van der Waals surface area (Å²) in [5.41, 5.74) is 1.70. The highest BCUT2D eigenvalue weighted by Gasteiger charge is 2.19. The van der Waals surface area contributed by atoms with E-state index in [1.54, 1.807) is 4.68 Å². The Morgan fingerprint density at radius 3 is 2.86 bits per heavy atom. The monoisotopic (exact) mass is 317 g/mol. The molecular formula is C17H20ClN3O. The lowest BCUT2D eigenvalue weighted by molar-refractivity contribution is -0.117. The Morgan fingerprint density at radius 1 is 1.36 bits per heavy atom. The Labute approximate surface area is 135 Å². The van der Waals surface area contributed by atoms with E-state index in [4.69, 9.17) is 11.6 Å². The van der Waals surface area contributed by atoms with Crippen LogP contribution >= 0.6 is 11.6 Å². The van der Waals surface area contributed by atoms with Crippen LogP contribution in [0.1, 0.15) is 37.8 Å². The third-order valence-electron chi connectivity index (χ3n) is 4.10. The van der Waals surface area contributed by atoms with Crippen LogP contribution in [0.4, 0.5) is 5.82 Å². The second kappa shape index (κ2) is 6.53. The third kappa shape index (κ3) is 3.50. The zero-order valence-electron chi connectivity index (χ0n) is 12.7. The highest BCUT2D eigenvalue weighted by Crippen LogP contribution is 2.28. The van der Waals surface area contributed by atoms with Crippen molar-refractivity contribution in [3.8, 4) is 5.69 Å². The van der Waals surface area contributed by atoms with Crippen molar-refractivity contribution in [2.75, 3.05) is 5.32 Å². The van der Waals surface area contributed by atoms with Gasteiger partial charge < -0.3 is 5.32 Å². The van der Waals surface area contributed by atoms with Crippen molar-refractivity contribution in [1.82, 2.24) is 9.78 Å². The van der Waals surface area contributed by atoms with Crippen molar-refractivity contribution in [1.29, 1.82) is 0 Å². The zero-order chi connectivity index (χ0) is 15.5. The Morgan fingerprint density at radius 2 is 2.14 bits per heavy atom. The molecule has 1 aliphatic rings. The summed E-state index contributed by atoms with van der Waals surface area (Å²) in [5, 5.41) is 8.09. The molecule has 0 spiro atoms. The Bertz CT molecular complexity index is 674. The van der Waals surface area contributed by atoms with Crippen LogP contribution < -0.4 is 5.32 Å². The minimum Gasteiger partial charge on any atom is -0.311 e. The van der Waals surface area contributed by atoms with Crippen LogP contribution in [0.3, 0.4) is 0 Å². The lowest BCUT2D eigenvalue weighted by Gasteiger charge is -2.11.